The molecule has 3 heterocycles. The van der Waals surface area contributed by atoms with Crippen molar-refractivity contribution in [2.24, 2.45) is 5.73 Å². The van der Waals surface area contributed by atoms with E-state index >= 15 is 0 Å². The molecule has 0 saturated carbocycles. The molecule has 1 aliphatic rings. The highest BCUT2D eigenvalue weighted by molar-refractivity contribution is 7.92. The third-order valence-corrected chi connectivity index (χ3v) is 8.15. The summed E-state index contributed by atoms with van der Waals surface area (Å²) in [5.74, 6) is 1.36. The van der Waals surface area contributed by atoms with Crippen molar-refractivity contribution in [3.05, 3.63) is 70.5 Å². The van der Waals surface area contributed by atoms with Crippen LogP contribution in [0.25, 0.3) is 22.2 Å². The molecule has 2 aromatic heterocycles. The lowest BCUT2D eigenvalue weighted by molar-refractivity contribution is 0.214. The normalized spacial score (nSPS) is 16.5. The van der Waals surface area contributed by atoms with Gasteiger partial charge in [0.05, 0.1) is 15.6 Å². The minimum absolute atomic E-state index is 0.337. The summed E-state index contributed by atoms with van der Waals surface area (Å²) in [7, 11) is -2.42. The summed E-state index contributed by atoms with van der Waals surface area (Å²) in [6.07, 6.45) is 2.09. The summed E-state index contributed by atoms with van der Waals surface area (Å²) in [6, 6.07) is 13.6. The van der Waals surface area contributed by atoms with Gasteiger partial charge in [-0.1, -0.05) is 35.3 Å². The molecule has 34 heavy (non-hydrogen) atoms. The van der Waals surface area contributed by atoms with Crippen LogP contribution in [0.4, 0.5) is 5.69 Å². The molecule has 4 N–H and O–H groups in total. The number of aromatic amines is 1. The second-order valence-electron chi connectivity index (χ2n) is 8.09. The van der Waals surface area contributed by atoms with Crippen LogP contribution in [0.15, 0.2) is 54.9 Å². The number of rotatable bonds is 5. The molecule has 0 unspecified atom stereocenters. The van der Waals surface area contributed by atoms with Crippen molar-refractivity contribution in [3.63, 3.8) is 0 Å². The second kappa shape index (κ2) is 9.07. The van der Waals surface area contributed by atoms with Crippen molar-refractivity contribution in [1.29, 1.82) is 4.78 Å². The van der Waals surface area contributed by atoms with Crippen LogP contribution >= 0.6 is 23.2 Å². The number of nitrogens with two attached hydrogens (primary N) is 1. The highest BCUT2D eigenvalue weighted by Gasteiger charge is 2.20. The fourth-order valence-electron chi connectivity index (χ4n) is 4.00. The van der Waals surface area contributed by atoms with E-state index in [0.29, 0.717) is 46.0 Å². The van der Waals surface area contributed by atoms with Crippen LogP contribution in [0, 0.1) is 4.78 Å². The van der Waals surface area contributed by atoms with Gasteiger partial charge in [-0.2, -0.15) is 5.10 Å². The fraction of sp³-hybridized carbons (Fsp3) is 0.217. The summed E-state index contributed by atoms with van der Waals surface area (Å²) < 4.78 is 25.6. The molecule has 0 aliphatic carbocycles. The smallest absolute Gasteiger partial charge is 0.177 e. The first-order valence-electron chi connectivity index (χ1n) is 10.6. The molecule has 11 heteroatoms. The number of nitrogens with zero attached hydrogens (tertiary/aromatic N) is 3. The Balaban J connectivity index is 1.39. The van der Waals surface area contributed by atoms with Gasteiger partial charge >= 0.3 is 0 Å². The first-order chi connectivity index (χ1) is 16.3. The van der Waals surface area contributed by atoms with Gasteiger partial charge in [0.25, 0.3) is 0 Å². The van der Waals surface area contributed by atoms with E-state index < -0.39 is 16.0 Å². The van der Waals surface area contributed by atoms with E-state index in [2.05, 4.69) is 20.1 Å². The lowest BCUT2D eigenvalue weighted by Crippen LogP contribution is -2.39. The van der Waals surface area contributed by atoms with Crippen molar-refractivity contribution < 1.29 is 8.95 Å². The van der Waals surface area contributed by atoms with E-state index in [1.165, 1.54) is 12.4 Å². The number of nitrogens with one attached hydrogen (secondary N) is 2. The number of fused-ring (bicyclic) bond motifs is 1. The van der Waals surface area contributed by atoms with Gasteiger partial charge in [-0.15, -0.1) is 0 Å². The van der Waals surface area contributed by atoms with Crippen molar-refractivity contribution in [1.82, 2.24) is 15.2 Å². The number of ether oxygens (including phenoxy) is 1. The zero-order valence-electron chi connectivity index (χ0n) is 18.0. The number of pyridine rings is 1. The van der Waals surface area contributed by atoms with Crippen LogP contribution in [0.3, 0.4) is 0 Å². The Morgan fingerprint density at radius 1 is 1.09 bits per heavy atom. The summed E-state index contributed by atoms with van der Waals surface area (Å²) in [6.45, 7) is 1.25. The third kappa shape index (κ3) is 4.56. The summed E-state index contributed by atoms with van der Waals surface area (Å²) in [5, 5.41) is 9.11. The molecular formula is C23H22Cl2N6O2S. The lowest BCUT2D eigenvalue weighted by atomic mass is 10.1. The van der Waals surface area contributed by atoms with Crippen LogP contribution < -0.4 is 15.4 Å². The molecule has 1 fully saturated rings. The van der Waals surface area contributed by atoms with Gasteiger partial charge < -0.3 is 9.64 Å². The average molecular weight is 517 g/mol. The Hall–Kier alpha value is -2.85. The number of benzene rings is 2. The van der Waals surface area contributed by atoms with Gasteiger partial charge in [-0.25, -0.2) is 4.21 Å². The van der Waals surface area contributed by atoms with E-state index in [4.69, 9.17) is 38.5 Å². The number of anilines is 1. The highest BCUT2D eigenvalue weighted by atomic mass is 35.5. The van der Waals surface area contributed by atoms with Crippen LogP contribution in [0.2, 0.25) is 10.0 Å². The first kappa shape index (κ1) is 22.9. The van der Waals surface area contributed by atoms with Crippen molar-refractivity contribution in [2.75, 3.05) is 29.5 Å². The molecule has 176 valence electrons. The van der Waals surface area contributed by atoms with Crippen LogP contribution in [0.5, 0.6) is 5.75 Å². The maximum atomic E-state index is 11.9. The summed E-state index contributed by atoms with van der Waals surface area (Å²) in [4.78, 5) is 6.10. The SMILES string of the molecule is N=S1(=O)CCN(c2ccc(-c3n[nH]c4ccc(O[C@H](N)c5c(Cl)cncc5Cl)cc34)cc2)CC1. The van der Waals surface area contributed by atoms with E-state index in [0.717, 1.165) is 27.8 Å². The predicted octanol–water partition coefficient (Wildman–Crippen LogP) is 4.83. The zero-order chi connectivity index (χ0) is 23.9. The third-order valence-electron chi connectivity index (χ3n) is 5.86. The molecule has 1 atom stereocenters. The molecule has 2 aromatic carbocycles. The Morgan fingerprint density at radius 3 is 2.44 bits per heavy atom. The van der Waals surface area contributed by atoms with Crippen molar-refractivity contribution >= 4 is 49.5 Å². The van der Waals surface area contributed by atoms with Gasteiger partial charge in [-0.05, 0) is 30.3 Å². The van der Waals surface area contributed by atoms with Gasteiger partial charge in [0.15, 0.2) is 6.23 Å². The van der Waals surface area contributed by atoms with E-state index in [1.807, 2.05) is 36.4 Å². The van der Waals surface area contributed by atoms with E-state index in [1.54, 1.807) is 6.07 Å². The quantitative estimate of drug-likeness (QED) is 0.326. The van der Waals surface area contributed by atoms with Gasteiger partial charge in [0.1, 0.15) is 11.4 Å². The largest absolute Gasteiger partial charge is 0.471 e. The molecule has 8 nitrogen and oxygen atoms in total. The van der Waals surface area contributed by atoms with Gasteiger partial charge in [0, 0.05) is 68.9 Å². The van der Waals surface area contributed by atoms with Crippen LogP contribution in [-0.2, 0) is 9.73 Å². The predicted molar refractivity (Wildman–Crippen MR) is 136 cm³/mol. The Morgan fingerprint density at radius 2 is 1.76 bits per heavy atom. The minimum atomic E-state index is -2.42. The number of hydrogen-bond donors (Lipinski definition) is 3. The maximum Gasteiger partial charge on any atom is 0.177 e. The van der Waals surface area contributed by atoms with Crippen LogP contribution in [-0.4, -0.2) is 44.0 Å². The Labute approximate surface area is 207 Å². The number of H-pyrrole nitrogens is 1. The van der Waals surface area contributed by atoms with Gasteiger partial charge in [-0.3, -0.25) is 20.6 Å². The molecule has 0 amide bonds. The maximum absolute atomic E-state index is 11.9. The van der Waals surface area contributed by atoms with Crippen LogP contribution in [0.1, 0.15) is 11.8 Å². The number of aromatic nitrogens is 3. The van der Waals surface area contributed by atoms with Crippen molar-refractivity contribution in [3.8, 4) is 17.0 Å². The monoisotopic (exact) mass is 516 g/mol. The summed E-state index contributed by atoms with van der Waals surface area (Å²) >= 11 is 12.4. The Kier molecular flexibility index (Phi) is 6.11. The fourth-order valence-corrected chi connectivity index (χ4v) is 5.82. The molecule has 5 rings (SSSR count). The molecule has 0 bridgehead atoms. The molecule has 1 saturated heterocycles. The molecule has 4 aromatic rings. The molecular weight excluding hydrogens is 495 g/mol. The lowest BCUT2D eigenvalue weighted by Gasteiger charge is -2.30. The van der Waals surface area contributed by atoms with E-state index in [9.17, 15) is 4.21 Å². The second-order valence-corrected chi connectivity index (χ2v) is 11.3. The molecule has 0 spiro atoms. The minimum Gasteiger partial charge on any atom is -0.471 e. The highest BCUT2D eigenvalue weighted by Crippen LogP contribution is 2.33. The number of hydrogen-bond acceptors (Lipinski definition) is 7. The standard InChI is InChI=1S/C23H22Cl2N6O2S/c24-18-12-28-13-19(25)21(18)23(26)33-16-5-6-20-17(11-16)22(30-29-20)14-1-3-15(4-2-14)31-7-9-34(27,32)10-8-31/h1-6,11-13,23,27H,7-10,26H2,(H,29,30)/t23-/m0/s1. The Bertz CT molecular complexity index is 1420. The topological polar surface area (TPSA) is 121 Å². The molecule has 0 radical (unpaired) electrons. The zero-order valence-corrected chi connectivity index (χ0v) is 20.3. The molecule has 1 aliphatic heterocycles. The van der Waals surface area contributed by atoms with Gasteiger partial charge in [0.2, 0.25) is 0 Å². The average Bonchev–Trinajstić information content (AvgIpc) is 3.22. The summed E-state index contributed by atoms with van der Waals surface area (Å²) in [5.41, 5.74) is 10.3. The first-order valence-corrected chi connectivity index (χ1v) is 13.2. The van der Waals surface area contributed by atoms with E-state index in [-0.39, 0.29) is 0 Å². The number of halogens is 2. The van der Waals surface area contributed by atoms with Crippen molar-refractivity contribution in [2.45, 2.75) is 6.23 Å².